The SMILES string of the molecule is CC(C)(C)OC(=O)N1CCCC(C(=O)N2CCC(c3cc(C(N)=O)n[nH]3)CC2)C1. The summed E-state index contributed by atoms with van der Waals surface area (Å²) < 4.78 is 5.45. The summed E-state index contributed by atoms with van der Waals surface area (Å²) in [4.78, 5) is 40.1. The Kier molecular flexibility index (Phi) is 6.14. The lowest BCUT2D eigenvalue weighted by molar-refractivity contribution is -0.138. The molecular formula is C20H31N5O4. The second kappa shape index (κ2) is 8.42. The van der Waals surface area contributed by atoms with Crippen LogP contribution in [0.5, 0.6) is 0 Å². The van der Waals surface area contributed by atoms with Gasteiger partial charge in [-0.3, -0.25) is 14.7 Å². The lowest BCUT2D eigenvalue weighted by Crippen LogP contribution is -2.49. The van der Waals surface area contributed by atoms with Crippen molar-refractivity contribution in [2.24, 2.45) is 11.7 Å². The molecule has 9 heteroatoms. The van der Waals surface area contributed by atoms with E-state index in [1.54, 1.807) is 11.0 Å². The van der Waals surface area contributed by atoms with Gasteiger partial charge in [-0.15, -0.1) is 0 Å². The maximum absolute atomic E-state index is 13.0. The fourth-order valence-corrected chi connectivity index (χ4v) is 4.01. The van der Waals surface area contributed by atoms with Crippen LogP contribution in [0.4, 0.5) is 4.79 Å². The molecule has 1 atom stereocenters. The number of ether oxygens (including phenoxy) is 1. The fourth-order valence-electron chi connectivity index (χ4n) is 4.01. The molecule has 2 saturated heterocycles. The summed E-state index contributed by atoms with van der Waals surface area (Å²) in [6.07, 6.45) is 2.85. The van der Waals surface area contributed by atoms with E-state index in [1.165, 1.54) is 0 Å². The van der Waals surface area contributed by atoms with Crippen molar-refractivity contribution < 1.29 is 19.1 Å². The summed E-state index contributed by atoms with van der Waals surface area (Å²) in [7, 11) is 0. The van der Waals surface area contributed by atoms with Gasteiger partial charge in [0, 0.05) is 37.8 Å². The third-order valence-corrected chi connectivity index (χ3v) is 5.52. The number of carbonyl (C=O) groups excluding carboxylic acids is 3. The molecule has 0 bridgehead atoms. The number of hydrogen-bond donors (Lipinski definition) is 2. The molecule has 9 nitrogen and oxygen atoms in total. The van der Waals surface area contributed by atoms with Crippen molar-refractivity contribution >= 4 is 17.9 Å². The van der Waals surface area contributed by atoms with E-state index in [9.17, 15) is 14.4 Å². The van der Waals surface area contributed by atoms with Crippen molar-refractivity contribution in [2.45, 2.75) is 58.0 Å². The topological polar surface area (TPSA) is 122 Å². The van der Waals surface area contributed by atoms with Crippen LogP contribution in [-0.2, 0) is 9.53 Å². The number of nitrogens with two attached hydrogens (primary N) is 1. The van der Waals surface area contributed by atoms with E-state index in [-0.39, 0.29) is 29.5 Å². The smallest absolute Gasteiger partial charge is 0.410 e. The number of nitrogens with one attached hydrogen (secondary N) is 1. The summed E-state index contributed by atoms with van der Waals surface area (Å²) in [5, 5.41) is 6.83. The number of carbonyl (C=O) groups is 3. The number of likely N-dealkylation sites (tertiary alicyclic amines) is 2. The fraction of sp³-hybridized carbons (Fsp3) is 0.700. The Hall–Kier alpha value is -2.58. The molecule has 1 unspecified atom stereocenters. The van der Waals surface area contributed by atoms with Crippen LogP contribution in [0.25, 0.3) is 0 Å². The summed E-state index contributed by atoms with van der Waals surface area (Å²) in [5.41, 5.74) is 5.84. The lowest BCUT2D eigenvalue weighted by atomic mass is 9.91. The maximum atomic E-state index is 13.0. The molecule has 2 aliphatic heterocycles. The van der Waals surface area contributed by atoms with Gasteiger partial charge in [-0.25, -0.2) is 4.79 Å². The Bertz CT molecular complexity index is 761. The first-order valence-electron chi connectivity index (χ1n) is 10.3. The largest absolute Gasteiger partial charge is 0.444 e. The van der Waals surface area contributed by atoms with Crippen LogP contribution in [0.1, 0.15) is 68.6 Å². The third-order valence-electron chi connectivity index (χ3n) is 5.52. The minimum Gasteiger partial charge on any atom is -0.444 e. The molecule has 29 heavy (non-hydrogen) atoms. The Labute approximate surface area is 170 Å². The molecule has 1 aromatic rings. The molecule has 3 rings (SSSR count). The highest BCUT2D eigenvalue weighted by Gasteiger charge is 2.34. The highest BCUT2D eigenvalue weighted by atomic mass is 16.6. The number of H-pyrrole nitrogens is 1. The first-order valence-corrected chi connectivity index (χ1v) is 10.3. The Morgan fingerprint density at radius 1 is 1.14 bits per heavy atom. The van der Waals surface area contributed by atoms with E-state index in [4.69, 9.17) is 10.5 Å². The first kappa shape index (κ1) is 21.1. The molecule has 160 valence electrons. The van der Waals surface area contributed by atoms with Gasteiger partial charge in [0.05, 0.1) is 5.92 Å². The Balaban J connectivity index is 1.53. The predicted octanol–water partition coefficient (Wildman–Crippen LogP) is 1.86. The molecule has 0 saturated carbocycles. The van der Waals surface area contributed by atoms with Crippen LogP contribution >= 0.6 is 0 Å². The summed E-state index contributed by atoms with van der Waals surface area (Å²) >= 11 is 0. The summed E-state index contributed by atoms with van der Waals surface area (Å²) in [5.74, 6) is -0.392. The number of primary amides is 1. The van der Waals surface area contributed by atoms with Crippen LogP contribution in [0.15, 0.2) is 6.07 Å². The van der Waals surface area contributed by atoms with Crippen molar-refractivity contribution in [3.05, 3.63) is 17.5 Å². The zero-order chi connectivity index (χ0) is 21.2. The number of rotatable bonds is 3. The minimum atomic E-state index is -0.549. The van der Waals surface area contributed by atoms with E-state index in [2.05, 4.69) is 10.2 Å². The molecule has 3 amide bonds. The quantitative estimate of drug-likeness (QED) is 0.795. The van der Waals surface area contributed by atoms with Gasteiger partial charge in [0.1, 0.15) is 11.3 Å². The van der Waals surface area contributed by atoms with Crippen LogP contribution in [0, 0.1) is 5.92 Å². The van der Waals surface area contributed by atoms with Gasteiger partial charge in [0.15, 0.2) is 0 Å². The highest BCUT2D eigenvalue weighted by Crippen LogP contribution is 2.29. The van der Waals surface area contributed by atoms with Gasteiger partial charge in [-0.2, -0.15) is 5.10 Å². The maximum Gasteiger partial charge on any atom is 0.410 e. The molecule has 3 heterocycles. The molecule has 1 aromatic heterocycles. The van der Waals surface area contributed by atoms with Gasteiger partial charge in [0.25, 0.3) is 5.91 Å². The predicted molar refractivity (Wildman–Crippen MR) is 106 cm³/mol. The van der Waals surface area contributed by atoms with E-state index < -0.39 is 11.5 Å². The van der Waals surface area contributed by atoms with Crippen LogP contribution < -0.4 is 5.73 Å². The zero-order valence-corrected chi connectivity index (χ0v) is 17.4. The average molecular weight is 405 g/mol. The Morgan fingerprint density at radius 3 is 2.41 bits per heavy atom. The molecule has 3 N–H and O–H groups in total. The number of aromatic amines is 1. The standard InChI is InChI=1S/C20H31N5O4/c1-20(2,3)29-19(28)25-8-4-5-14(12-25)18(27)24-9-6-13(7-10-24)15-11-16(17(21)26)23-22-15/h11,13-14H,4-10,12H2,1-3H3,(H2,21,26)(H,22,23). The average Bonchev–Trinajstić information content (AvgIpc) is 3.17. The normalized spacial score (nSPS) is 21.1. The van der Waals surface area contributed by atoms with Gasteiger partial charge >= 0.3 is 6.09 Å². The molecule has 2 aliphatic rings. The van der Waals surface area contributed by atoms with Gasteiger partial charge in [0.2, 0.25) is 5.91 Å². The second-order valence-electron chi connectivity index (χ2n) is 8.94. The molecule has 0 spiro atoms. The van der Waals surface area contributed by atoms with Crippen LogP contribution in [0.3, 0.4) is 0 Å². The Morgan fingerprint density at radius 2 is 1.83 bits per heavy atom. The van der Waals surface area contributed by atoms with Gasteiger partial charge in [-0.1, -0.05) is 0 Å². The van der Waals surface area contributed by atoms with Crippen molar-refractivity contribution in [2.75, 3.05) is 26.2 Å². The number of hydrogen-bond acceptors (Lipinski definition) is 5. The minimum absolute atomic E-state index is 0.110. The number of nitrogens with zero attached hydrogens (tertiary/aromatic N) is 3. The molecule has 0 aromatic carbocycles. The van der Waals surface area contributed by atoms with Crippen molar-refractivity contribution in [1.82, 2.24) is 20.0 Å². The van der Waals surface area contributed by atoms with Crippen molar-refractivity contribution in [3.8, 4) is 0 Å². The van der Waals surface area contributed by atoms with Gasteiger partial charge < -0.3 is 20.3 Å². The van der Waals surface area contributed by atoms with E-state index in [1.807, 2.05) is 25.7 Å². The zero-order valence-electron chi connectivity index (χ0n) is 17.4. The molecule has 0 radical (unpaired) electrons. The molecular weight excluding hydrogens is 374 g/mol. The van der Waals surface area contributed by atoms with E-state index in [0.717, 1.165) is 31.4 Å². The summed E-state index contributed by atoms with van der Waals surface area (Å²) in [6, 6.07) is 1.70. The second-order valence-corrected chi connectivity index (χ2v) is 8.94. The van der Waals surface area contributed by atoms with Crippen molar-refractivity contribution in [1.29, 1.82) is 0 Å². The van der Waals surface area contributed by atoms with Gasteiger partial charge in [-0.05, 0) is 52.5 Å². The third kappa shape index (κ3) is 5.27. The number of piperidine rings is 2. The number of aromatic nitrogens is 2. The molecule has 0 aliphatic carbocycles. The summed E-state index contributed by atoms with van der Waals surface area (Å²) in [6.45, 7) is 7.86. The van der Waals surface area contributed by atoms with Crippen LogP contribution in [0.2, 0.25) is 0 Å². The first-order chi connectivity index (χ1) is 13.6. The monoisotopic (exact) mass is 405 g/mol. The molecule has 2 fully saturated rings. The van der Waals surface area contributed by atoms with Crippen LogP contribution in [-0.4, -0.2) is 69.7 Å². The lowest BCUT2D eigenvalue weighted by Gasteiger charge is -2.38. The van der Waals surface area contributed by atoms with E-state index in [0.29, 0.717) is 26.2 Å². The van der Waals surface area contributed by atoms with E-state index >= 15 is 0 Å². The number of amides is 3. The highest BCUT2D eigenvalue weighted by molar-refractivity contribution is 5.90. The van der Waals surface area contributed by atoms with Crippen molar-refractivity contribution in [3.63, 3.8) is 0 Å².